The van der Waals surface area contributed by atoms with Gasteiger partial charge >= 0.3 is 0 Å². The predicted molar refractivity (Wildman–Crippen MR) is 77.6 cm³/mol. The Morgan fingerprint density at radius 3 is 2.70 bits per heavy atom. The topological polar surface area (TPSA) is 54.2 Å². The Hall–Kier alpha value is -1.88. The largest absolute Gasteiger partial charge is 0.371 e. The van der Waals surface area contributed by atoms with E-state index >= 15 is 0 Å². The van der Waals surface area contributed by atoms with Gasteiger partial charge in [0, 0.05) is 43.3 Å². The van der Waals surface area contributed by atoms with Crippen LogP contribution in [0.5, 0.6) is 0 Å². The summed E-state index contributed by atoms with van der Waals surface area (Å²) in [6.45, 7) is 4.87. The van der Waals surface area contributed by atoms with Gasteiger partial charge in [-0.1, -0.05) is 5.16 Å². The summed E-state index contributed by atoms with van der Waals surface area (Å²) in [7, 11) is 0. The summed E-state index contributed by atoms with van der Waals surface area (Å²) in [5.74, 6) is 0.916. The van der Waals surface area contributed by atoms with Crippen LogP contribution < -0.4 is 10.2 Å². The quantitative estimate of drug-likeness (QED) is 0.924. The molecule has 0 aromatic carbocycles. The zero-order chi connectivity index (χ0) is 13.8. The zero-order valence-electron chi connectivity index (χ0n) is 11.7. The van der Waals surface area contributed by atoms with Gasteiger partial charge in [0.1, 0.15) is 0 Å². The van der Waals surface area contributed by atoms with Crippen LogP contribution in [0.3, 0.4) is 0 Å². The van der Waals surface area contributed by atoms with Gasteiger partial charge in [0.2, 0.25) is 0 Å². The molecular formula is C15H20N4O. The molecule has 2 aromatic rings. The highest BCUT2D eigenvalue weighted by atomic mass is 16.5. The van der Waals surface area contributed by atoms with Crippen LogP contribution in [0, 0.1) is 6.92 Å². The Balaban J connectivity index is 1.47. The highest BCUT2D eigenvalue weighted by molar-refractivity contribution is 5.44. The molecule has 1 N–H and O–H groups in total. The third kappa shape index (κ3) is 3.17. The Bertz CT molecular complexity index is 532. The number of rotatable bonds is 4. The lowest BCUT2D eigenvalue weighted by molar-refractivity contribution is 0.344. The molecule has 1 saturated heterocycles. The molecule has 5 nitrogen and oxygen atoms in total. The first-order valence-electron chi connectivity index (χ1n) is 7.12. The van der Waals surface area contributed by atoms with Gasteiger partial charge in [-0.15, -0.1) is 0 Å². The summed E-state index contributed by atoms with van der Waals surface area (Å²) < 4.78 is 5.22. The summed E-state index contributed by atoms with van der Waals surface area (Å²) in [4.78, 5) is 6.48. The number of aromatic nitrogens is 2. The van der Waals surface area contributed by atoms with Crippen molar-refractivity contribution in [2.24, 2.45) is 0 Å². The van der Waals surface area contributed by atoms with E-state index in [1.54, 1.807) is 0 Å². The molecule has 2 aromatic heterocycles. The van der Waals surface area contributed by atoms with Gasteiger partial charge in [0.15, 0.2) is 5.76 Å². The normalized spacial score (nSPS) is 16.6. The average Bonchev–Trinajstić information content (AvgIpc) is 2.92. The first kappa shape index (κ1) is 13.1. The maximum Gasteiger partial charge on any atom is 0.150 e. The van der Waals surface area contributed by atoms with E-state index in [1.807, 2.05) is 25.4 Å². The molecule has 0 radical (unpaired) electrons. The molecular weight excluding hydrogens is 252 g/mol. The number of nitrogens with zero attached hydrogens (tertiary/aromatic N) is 3. The SMILES string of the molecule is Cc1cc(CNC2CCN(c3ccncc3)CC2)on1. The van der Waals surface area contributed by atoms with Crippen LogP contribution in [0.1, 0.15) is 24.3 Å². The van der Waals surface area contributed by atoms with Gasteiger partial charge in [0.05, 0.1) is 12.2 Å². The molecule has 5 heteroatoms. The third-order valence-corrected chi connectivity index (χ3v) is 3.76. The van der Waals surface area contributed by atoms with Crippen LogP contribution in [0.15, 0.2) is 35.1 Å². The van der Waals surface area contributed by atoms with E-state index in [9.17, 15) is 0 Å². The van der Waals surface area contributed by atoms with Crippen LogP contribution in [0.25, 0.3) is 0 Å². The number of hydrogen-bond acceptors (Lipinski definition) is 5. The monoisotopic (exact) mass is 272 g/mol. The van der Waals surface area contributed by atoms with Crippen LogP contribution in [-0.4, -0.2) is 29.3 Å². The number of nitrogens with one attached hydrogen (secondary N) is 1. The van der Waals surface area contributed by atoms with Gasteiger partial charge in [0.25, 0.3) is 0 Å². The number of hydrogen-bond donors (Lipinski definition) is 1. The molecule has 0 saturated carbocycles. The van der Waals surface area contributed by atoms with Crippen LogP contribution in [-0.2, 0) is 6.54 Å². The molecule has 106 valence electrons. The zero-order valence-corrected chi connectivity index (χ0v) is 11.7. The van der Waals surface area contributed by atoms with E-state index in [4.69, 9.17) is 4.52 Å². The molecule has 0 aliphatic carbocycles. The molecule has 3 heterocycles. The van der Waals surface area contributed by atoms with Crippen molar-refractivity contribution in [1.82, 2.24) is 15.5 Å². The second kappa shape index (κ2) is 6.05. The van der Waals surface area contributed by atoms with E-state index in [2.05, 4.69) is 32.5 Å². The Morgan fingerprint density at radius 2 is 2.05 bits per heavy atom. The average molecular weight is 272 g/mol. The Labute approximate surface area is 119 Å². The molecule has 0 atom stereocenters. The van der Waals surface area contributed by atoms with E-state index in [0.717, 1.165) is 43.9 Å². The van der Waals surface area contributed by atoms with Gasteiger partial charge in [-0.05, 0) is 31.9 Å². The van der Waals surface area contributed by atoms with Crippen LogP contribution in [0.2, 0.25) is 0 Å². The minimum Gasteiger partial charge on any atom is -0.371 e. The standard InChI is InChI=1S/C15H20N4O/c1-12-10-15(20-18-12)11-17-13-4-8-19(9-5-13)14-2-6-16-7-3-14/h2-3,6-7,10,13,17H,4-5,8-9,11H2,1H3. The van der Waals surface area contributed by atoms with Crippen molar-refractivity contribution in [3.05, 3.63) is 42.0 Å². The van der Waals surface area contributed by atoms with E-state index < -0.39 is 0 Å². The highest BCUT2D eigenvalue weighted by Crippen LogP contribution is 2.19. The lowest BCUT2D eigenvalue weighted by Crippen LogP contribution is -2.42. The molecule has 20 heavy (non-hydrogen) atoms. The van der Waals surface area contributed by atoms with Crippen molar-refractivity contribution in [1.29, 1.82) is 0 Å². The van der Waals surface area contributed by atoms with Crippen molar-refractivity contribution < 1.29 is 4.52 Å². The minimum absolute atomic E-state index is 0.554. The van der Waals surface area contributed by atoms with E-state index in [1.165, 1.54) is 5.69 Å². The van der Waals surface area contributed by atoms with Gasteiger partial charge in [-0.3, -0.25) is 4.98 Å². The predicted octanol–water partition coefficient (Wildman–Crippen LogP) is 2.14. The van der Waals surface area contributed by atoms with Crippen LogP contribution >= 0.6 is 0 Å². The molecule has 0 bridgehead atoms. The molecule has 1 aliphatic heterocycles. The second-order valence-corrected chi connectivity index (χ2v) is 5.28. The van der Waals surface area contributed by atoms with Crippen molar-refractivity contribution in [3.63, 3.8) is 0 Å². The van der Waals surface area contributed by atoms with E-state index in [-0.39, 0.29) is 0 Å². The lowest BCUT2D eigenvalue weighted by atomic mass is 10.0. The van der Waals surface area contributed by atoms with Crippen molar-refractivity contribution in [3.8, 4) is 0 Å². The summed E-state index contributed by atoms with van der Waals surface area (Å²) in [6, 6.07) is 6.69. The molecule has 1 fully saturated rings. The molecule has 1 aliphatic rings. The molecule has 0 unspecified atom stereocenters. The lowest BCUT2D eigenvalue weighted by Gasteiger charge is -2.33. The van der Waals surface area contributed by atoms with Crippen molar-refractivity contribution >= 4 is 5.69 Å². The fraction of sp³-hybridized carbons (Fsp3) is 0.467. The summed E-state index contributed by atoms with van der Waals surface area (Å²) in [6.07, 6.45) is 6.00. The van der Waals surface area contributed by atoms with Crippen LogP contribution in [0.4, 0.5) is 5.69 Å². The summed E-state index contributed by atoms with van der Waals surface area (Å²) in [5, 5.41) is 7.45. The number of anilines is 1. The third-order valence-electron chi connectivity index (χ3n) is 3.76. The van der Waals surface area contributed by atoms with Crippen molar-refractivity contribution in [2.45, 2.75) is 32.4 Å². The van der Waals surface area contributed by atoms with Gasteiger partial charge in [-0.2, -0.15) is 0 Å². The fourth-order valence-corrected chi connectivity index (χ4v) is 2.64. The maximum atomic E-state index is 5.22. The minimum atomic E-state index is 0.554. The highest BCUT2D eigenvalue weighted by Gasteiger charge is 2.19. The number of aryl methyl sites for hydroxylation is 1. The summed E-state index contributed by atoms with van der Waals surface area (Å²) >= 11 is 0. The smallest absolute Gasteiger partial charge is 0.150 e. The van der Waals surface area contributed by atoms with Crippen molar-refractivity contribution in [2.75, 3.05) is 18.0 Å². The number of piperidine rings is 1. The summed E-state index contributed by atoms with van der Waals surface area (Å²) in [5.41, 5.74) is 2.21. The molecule has 3 rings (SSSR count). The first-order chi connectivity index (χ1) is 9.81. The first-order valence-corrected chi connectivity index (χ1v) is 7.12. The van der Waals surface area contributed by atoms with E-state index in [0.29, 0.717) is 6.04 Å². The Morgan fingerprint density at radius 1 is 1.30 bits per heavy atom. The maximum absolute atomic E-state index is 5.22. The van der Waals surface area contributed by atoms with Gasteiger partial charge < -0.3 is 14.7 Å². The van der Waals surface area contributed by atoms with Gasteiger partial charge in [-0.25, -0.2) is 0 Å². The Kier molecular flexibility index (Phi) is 3.97. The fourth-order valence-electron chi connectivity index (χ4n) is 2.64. The molecule has 0 amide bonds. The molecule has 0 spiro atoms. The number of pyridine rings is 1. The second-order valence-electron chi connectivity index (χ2n) is 5.28.